The van der Waals surface area contributed by atoms with Crippen molar-refractivity contribution < 1.29 is 0 Å². The Kier molecular flexibility index (Phi) is 20.4. The quantitative estimate of drug-likeness (QED) is 0.359. The first-order valence-corrected chi connectivity index (χ1v) is 13.6. The molecule has 0 spiro atoms. The van der Waals surface area contributed by atoms with E-state index in [2.05, 4.69) is 78.0 Å². The number of allylic oxidation sites excluding steroid dienone is 2. The molecule has 2 fully saturated rings. The normalized spacial score (nSPS) is 29.2. The molecule has 0 saturated heterocycles. The fraction of sp³-hybridized carbons (Fsp3) is 0.742. The van der Waals surface area contributed by atoms with Gasteiger partial charge in [-0.25, -0.2) is 0 Å². The van der Waals surface area contributed by atoms with Crippen molar-refractivity contribution in [1.82, 2.24) is 0 Å². The van der Waals surface area contributed by atoms with Crippen molar-refractivity contribution in [2.45, 2.75) is 115 Å². The third-order valence-electron chi connectivity index (χ3n) is 7.41. The summed E-state index contributed by atoms with van der Waals surface area (Å²) in [5.41, 5.74) is 2.74. The van der Waals surface area contributed by atoms with Crippen LogP contribution < -0.4 is 0 Å². The van der Waals surface area contributed by atoms with Crippen LogP contribution in [0.3, 0.4) is 0 Å². The number of benzene rings is 1. The van der Waals surface area contributed by atoms with Crippen LogP contribution in [0.1, 0.15) is 112 Å². The Morgan fingerprint density at radius 2 is 0.903 bits per heavy atom. The zero-order valence-electron chi connectivity index (χ0n) is 23.5. The van der Waals surface area contributed by atoms with Crippen molar-refractivity contribution in [3.05, 3.63) is 47.5 Å². The van der Waals surface area contributed by atoms with E-state index in [0.29, 0.717) is 0 Å². The first-order chi connectivity index (χ1) is 14.9. The molecule has 0 heteroatoms. The molecule has 3 aliphatic carbocycles. The third-order valence-corrected chi connectivity index (χ3v) is 7.41. The van der Waals surface area contributed by atoms with Gasteiger partial charge in [0.05, 0.1) is 0 Å². The van der Waals surface area contributed by atoms with Crippen LogP contribution in [0.2, 0.25) is 0 Å². The van der Waals surface area contributed by atoms with Gasteiger partial charge in [-0.3, -0.25) is 0 Å². The third kappa shape index (κ3) is 12.0. The lowest BCUT2D eigenvalue weighted by Gasteiger charge is -2.24. The minimum absolute atomic E-state index is 0.917. The first kappa shape index (κ1) is 32.1. The summed E-state index contributed by atoms with van der Waals surface area (Å²) in [5.74, 6) is 6.16. The summed E-state index contributed by atoms with van der Waals surface area (Å²) in [6.45, 7) is 25.8. The van der Waals surface area contributed by atoms with Gasteiger partial charge in [-0.2, -0.15) is 0 Å². The van der Waals surface area contributed by atoms with Gasteiger partial charge >= 0.3 is 0 Å². The van der Waals surface area contributed by atoms with Gasteiger partial charge in [-0.05, 0) is 92.6 Å². The minimum atomic E-state index is 0.917. The Labute approximate surface area is 198 Å². The molecule has 0 radical (unpaired) electrons. The van der Waals surface area contributed by atoms with Crippen molar-refractivity contribution in [2.75, 3.05) is 0 Å². The molecule has 6 unspecified atom stereocenters. The van der Waals surface area contributed by atoms with Crippen molar-refractivity contribution in [3.8, 4) is 0 Å². The maximum Gasteiger partial charge on any atom is -0.0322 e. The second kappa shape index (κ2) is 19.6. The van der Waals surface area contributed by atoms with Gasteiger partial charge in [0.25, 0.3) is 0 Å². The molecule has 2 saturated carbocycles. The predicted molar refractivity (Wildman–Crippen MR) is 146 cm³/mol. The number of hydrogen-bond acceptors (Lipinski definition) is 0. The highest BCUT2D eigenvalue weighted by molar-refractivity contribution is 5.23. The molecule has 0 nitrogen and oxygen atoms in total. The molecule has 0 amide bonds. The summed E-state index contributed by atoms with van der Waals surface area (Å²) in [7, 11) is 0. The maximum absolute atomic E-state index is 2.44. The highest BCUT2D eigenvalue weighted by atomic mass is 14.5. The molecule has 0 N–H and O–H groups in total. The molecule has 3 aliphatic rings. The van der Waals surface area contributed by atoms with Gasteiger partial charge in [0.2, 0.25) is 0 Å². The van der Waals surface area contributed by atoms with Gasteiger partial charge in [-0.15, -0.1) is 0 Å². The number of hydrogen-bond donors (Lipinski definition) is 0. The summed E-state index contributed by atoms with van der Waals surface area (Å²) in [6.07, 6.45) is 11.8. The molecular weight excluding hydrogens is 372 g/mol. The fourth-order valence-corrected chi connectivity index (χ4v) is 4.62. The molecule has 1 aromatic rings. The van der Waals surface area contributed by atoms with Crippen LogP contribution in [-0.2, 0) is 0 Å². The second-order valence-electron chi connectivity index (χ2n) is 9.03. The summed E-state index contributed by atoms with van der Waals surface area (Å²) in [4.78, 5) is 0. The second-order valence-corrected chi connectivity index (χ2v) is 9.03. The van der Waals surface area contributed by atoms with Crippen molar-refractivity contribution in [1.29, 1.82) is 0 Å². The number of fused-ring (bicyclic) bond motifs is 2. The molecular formula is C31H58. The first-order valence-electron chi connectivity index (χ1n) is 13.6. The van der Waals surface area contributed by atoms with Crippen LogP contribution in [0.5, 0.6) is 0 Å². The van der Waals surface area contributed by atoms with Gasteiger partial charge in [0, 0.05) is 0 Å². The highest BCUT2D eigenvalue weighted by Crippen LogP contribution is 2.51. The molecule has 4 rings (SSSR count). The van der Waals surface area contributed by atoms with Gasteiger partial charge in [0.1, 0.15) is 0 Å². The lowest BCUT2D eigenvalue weighted by molar-refractivity contribution is 0.259. The molecule has 1 aromatic carbocycles. The Morgan fingerprint density at radius 3 is 1.10 bits per heavy atom. The van der Waals surface area contributed by atoms with Crippen LogP contribution in [0.15, 0.2) is 36.4 Å². The summed E-state index contributed by atoms with van der Waals surface area (Å²) in [5, 5.41) is 0. The van der Waals surface area contributed by atoms with E-state index in [9.17, 15) is 0 Å². The van der Waals surface area contributed by atoms with E-state index in [1.807, 2.05) is 41.5 Å². The van der Waals surface area contributed by atoms with Crippen molar-refractivity contribution in [2.24, 2.45) is 35.5 Å². The standard InChI is InChI=1S/C9H16.C8H14.C8H10.3C2H6/c1-6-7(2)9-4-3-8(6)5-9;2*1-7-5-3-4-6-8(7)2;3*1-2/h6-9H,3-5H2,1-2H3;3-4,7-8H,5-6H2,1-2H3;3-6H,1-2H3;3*1-2H3. The summed E-state index contributed by atoms with van der Waals surface area (Å²) < 4.78 is 0. The zero-order valence-corrected chi connectivity index (χ0v) is 23.5. The molecule has 2 bridgehead atoms. The Hall–Kier alpha value is -1.04. The lowest BCUT2D eigenvalue weighted by atomic mass is 9.82. The average molecular weight is 431 g/mol. The maximum atomic E-state index is 2.44. The van der Waals surface area contributed by atoms with Crippen LogP contribution in [0.4, 0.5) is 0 Å². The molecule has 31 heavy (non-hydrogen) atoms. The zero-order chi connectivity index (χ0) is 24.4. The summed E-state index contributed by atoms with van der Waals surface area (Å²) >= 11 is 0. The lowest BCUT2D eigenvalue weighted by Crippen LogP contribution is -2.15. The van der Waals surface area contributed by atoms with Crippen LogP contribution in [-0.4, -0.2) is 0 Å². The Morgan fingerprint density at radius 1 is 0.581 bits per heavy atom. The van der Waals surface area contributed by atoms with E-state index in [1.54, 1.807) is 6.42 Å². The number of aryl methyl sites for hydroxylation is 2. The topological polar surface area (TPSA) is 0 Å². The van der Waals surface area contributed by atoms with E-state index < -0.39 is 0 Å². The van der Waals surface area contributed by atoms with E-state index in [-0.39, 0.29) is 0 Å². The average Bonchev–Trinajstić information content (AvgIpc) is 3.41. The van der Waals surface area contributed by atoms with Gasteiger partial charge in [-0.1, -0.05) is 106 Å². The molecule has 182 valence electrons. The minimum Gasteiger partial charge on any atom is -0.0883 e. The molecule has 0 aliphatic heterocycles. The van der Waals surface area contributed by atoms with E-state index in [1.165, 1.54) is 36.8 Å². The van der Waals surface area contributed by atoms with Gasteiger partial charge in [0.15, 0.2) is 0 Å². The number of rotatable bonds is 0. The largest absolute Gasteiger partial charge is 0.0883 e. The van der Waals surface area contributed by atoms with Crippen LogP contribution >= 0.6 is 0 Å². The van der Waals surface area contributed by atoms with E-state index in [0.717, 1.165) is 35.5 Å². The van der Waals surface area contributed by atoms with Crippen molar-refractivity contribution in [3.63, 3.8) is 0 Å². The van der Waals surface area contributed by atoms with Crippen LogP contribution in [0.25, 0.3) is 0 Å². The smallest absolute Gasteiger partial charge is 0.0322 e. The van der Waals surface area contributed by atoms with Crippen LogP contribution in [0, 0.1) is 49.4 Å². The Balaban J connectivity index is 0. The Bertz CT molecular complexity index is 490. The predicted octanol–water partition coefficient (Wildman–Crippen LogP) is 10.7. The van der Waals surface area contributed by atoms with E-state index in [4.69, 9.17) is 0 Å². The monoisotopic (exact) mass is 430 g/mol. The fourth-order valence-electron chi connectivity index (χ4n) is 4.62. The molecule has 6 atom stereocenters. The SMILES string of the molecule is CC.CC.CC.CC1C2CCC(C2)C1C.CC1CC=CCC1C.Cc1ccccc1C. The van der Waals surface area contributed by atoms with Gasteiger partial charge < -0.3 is 0 Å². The van der Waals surface area contributed by atoms with Crippen molar-refractivity contribution >= 4 is 0 Å². The highest BCUT2D eigenvalue weighted by Gasteiger charge is 2.42. The summed E-state index contributed by atoms with van der Waals surface area (Å²) in [6, 6.07) is 8.36. The molecule has 0 aromatic heterocycles. The van der Waals surface area contributed by atoms with E-state index >= 15 is 0 Å². The molecule has 0 heterocycles.